The van der Waals surface area contributed by atoms with Gasteiger partial charge in [0, 0.05) is 23.1 Å². The second-order valence-corrected chi connectivity index (χ2v) is 7.80. The minimum absolute atomic E-state index is 0.195. The topological polar surface area (TPSA) is 45.6 Å². The van der Waals surface area contributed by atoms with Gasteiger partial charge in [0.25, 0.3) is 0 Å². The van der Waals surface area contributed by atoms with Gasteiger partial charge in [0.15, 0.2) is 0 Å². The van der Waals surface area contributed by atoms with E-state index in [0.29, 0.717) is 6.61 Å². The number of nitrogens with zero attached hydrogens (tertiary/aromatic N) is 2. The summed E-state index contributed by atoms with van der Waals surface area (Å²) in [5.41, 5.74) is 4.23. The van der Waals surface area contributed by atoms with Crippen LogP contribution in [0, 0.1) is 5.82 Å². The lowest BCUT2D eigenvalue weighted by Gasteiger charge is -2.13. The number of rotatable bonds is 7. The number of halogens is 1. The van der Waals surface area contributed by atoms with E-state index in [1.807, 2.05) is 56.6 Å². The van der Waals surface area contributed by atoms with Gasteiger partial charge in [0.1, 0.15) is 17.3 Å². The average molecular weight is 416 g/mol. The molecule has 0 bridgehead atoms. The second-order valence-electron chi connectivity index (χ2n) is 7.80. The third-order valence-electron chi connectivity index (χ3n) is 5.10. The third-order valence-corrected chi connectivity index (χ3v) is 5.10. The molecule has 5 heteroatoms. The Labute approximate surface area is 181 Å². The summed E-state index contributed by atoms with van der Waals surface area (Å²) in [5.74, 6) is 0.715. The van der Waals surface area contributed by atoms with Crippen LogP contribution in [0.5, 0.6) is 11.5 Å². The predicted octanol–water partition coefficient (Wildman–Crippen LogP) is 5.74. The van der Waals surface area contributed by atoms with E-state index in [1.165, 1.54) is 12.1 Å². The molecule has 0 aliphatic rings. The molecule has 0 aliphatic heterocycles. The summed E-state index contributed by atoms with van der Waals surface area (Å²) < 4.78 is 19.6. The van der Waals surface area contributed by atoms with Crippen molar-refractivity contribution in [3.05, 3.63) is 78.6 Å². The van der Waals surface area contributed by atoms with E-state index in [9.17, 15) is 9.50 Å². The highest BCUT2D eigenvalue weighted by Crippen LogP contribution is 2.35. The lowest BCUT2D eigenvalue weighted by atomic mass is 9.97. The molecule has 0 atom stereocenters. The van der Waals surface area contributed by atoms with Crippen molar-refractivity contribution in [1.82, 2.24) is 9.88 Å². The molecule has 0 amide bonds. The highest BCUT2D eigenvalue weighted by molar-refractivity contribution is 5.91. The summed E-state index contributed by atoms with van der Waals surface area (Å²) in [6.07, 6.45) is 0.961. The molecular weight excluding hydrogens is 391 g/mol. The molecule has 0 saturated heterocycles. The Morgan fingerprint density at radius 3 is 2.32 bits per heavy atom. The Bertz CT molecular complexity index is 1170. The Hall–Kier alpha value is -3.44. The van der Waals surface area contributed by atoms with Gasteiger partial charge in [-0.05, 0) is 86.7 Å². The summed E-state index contributed by atoms with van der Waals surface area (Å²) >= 11 is 0. The van der Waals surface area contributed by atoms with Crippen LogP contribution in [-0.4, -0.2) is 42.2 Å². The van der Waals surface area contributed by atoms with Gasteiger partial charge in [-0.15, -0.1) is 0 Å². The SMILES string of the molecule is CN(C)CCCOc1ccc(-c2nc3ccc(F)cc3cc2-c2ccc(O)cc2)cc1. The van der Waals surface area contributed by atoms with Crippen LogP contribution in [0.1, 0.15) is 6.42 Å². The Morgan fingerprint density at radius 1 is 0.903 bits per heavy atom. The van der Waals surface area contributed by atoms with E-state index in [1.54, 1.807) is 18.2 Å². The van der Waals surface area contributed by atoms with Crippen molar-refractivity contribution in [3.63, 3.8) is 0 Å². The second kappa shape index (κ2) is 9.14. The largest absolute Gasteiger partial charge is 0.508 e. The lowest BCUT2D eigenvalue weighted by molar-refractivity contribution is 0.281. The van der Waals surface area contributed by atoms with Crippen molar-refractivity contribution in [2.45, 2.75) is 6.42 Å². The van der Waals surface area contributed by atoms with Gasteiger partial charge in [0.2, 0.25) is 0 Å². The number of phenols is 1. The first-order valence-corrected chi connectivity index (χ1v) is 10.3. The summed E-state index contributed by atoms with van der Waals surface area (Å²) in [5, 5.41) is 10.4. The van der Waals surface area contributed by atoms with Gasteiger partial charge in [-0.3, -0.25) is 0 Å². The molecule has 0 unspecified atom stereocenters. The molecule has 1 aromatic heterocycles. The minimum atomic E-state index is -0.297. The van der Waals surface area contributed by atoms with Gasteiger partial charge in [0.05, 0.1) is 17.8 Å². The van der Waals surface area contributed by atoms with Crippen LogP contribution in [0.2, 0.25) is 0 Å². The number of pyridine rings is 1. The Morgan fingerprint density at radius 2 is 1.61 bits per heavy atom. The number of aromatic nitrogens is 1. The molecule has 0 spiro atoms. The maximum Gasteiger partial charge on any atom is 0.123 e. The Kier molecular flexibility index (Phi) is 6.14. The number of benzene rings is 3. The minimum Gasteiger partial charge on any atom is -0.508 e. The van der Waals surface area contributed by atoms with E-state index < -0.39 is 0 Å². The number of aromatic hydroxyl groups is 1. The number of fused-ring (bicyclic) bond motifs is 1. The first-order chi connectivity index (χ1) is 15.0. The van der Waals surface area contributed by atoms with E-state index in [-0.39, 0.29) is 11.6 Å². The van der Waals surface area contributed by atoms with Crippen LogP contribution >= 0.6 is 0 Å². The summed E-state index contributed by atoms with van der Waals surface area (Å²) in [6, 6.07) is 21.4. The van der Waals surface area contributed by atoms with E-state index in [2.05, 4.69) is 4.90 Å². The fourth-order valence-electron chi connectivity index (χ4n) is 3.51. The molecule has 1 heterocycles. The lowest BCUT2D eigenvalue weighted by Crippen LogP contribution is -2.15. The molecule has 0 saturated carbocycles. The third kappa shape index (κ3) is 5.01. The van der Waals surface area contributed by atoms with Gasteiger partial charge in [-0.1, -0.05) is 12.1 Å². The summed E-state index contributed by atoms with van der Waals surface area (Å²) in [7, 11) is 4.09. The smallest absolute Gasteiger partial charge is 0.123 e. The zero-order valence-corrected chi connectivity index (χ0v) is 17.7. The standard InChI is InChI=1S/C26H25FN2O2/c1-29(2)14-3-15-31-23-11-6-19(7-12-23)26-24(18-4-9-22(30)10-5-18)17-20-16-21(27)8-13-25(20)28-26/h4-13,16-17,30H,3,14-15H2,1-2H3. The van der Waals surface area contributed by atoms with Gasteiger partial charge in [-0.2, -0.15) is 0 Å². The van der Waals surface area contributed by atoms with E-state index >= 15 is 0 Å². The predicted molar refractivity (Wildman–Crippen MR) is 123 cm³/mol. The molecule has 31 heavy (non-hydrogen) atoms. The molecule has 4 nitrogen and oxygen atoms in total. The number of ether oxygens (including phenoxy) is 1. The molecule has 4 rings (SSSR count). The first kappa shape index (κ1) is 20.8. The number of hydrogen-bond acceptors (Lipinski definition) is 4. The zero-order valence-electron chi connectivity index (χ0n) is 17.7. The molecule has 0 aliphatic carbocycles. The van der Waals surface area contributed by atoms with Crippen LogP contribution in [0.3, 0.4) is 0 Å². The highest BCUT2D eigenvalue weighted by atomic mass is 19.1. The molecule has 0 fully saturated rings. The maximum absolute atomic E-state index is 13.8. The van der Waals surface area contributed by atoms with Crippen molar-refractivity contribution in [2.24, 2.45) is 0 Å². The van der Waals surface area contributed by atoms with Gasteiger partial charge >= 0.3 is 0 Å². The van der Waals surface area contributed by atoms with Crippen molar-refractivity contribution in [2.75, 3.05) is 27.2 Å². The molecule has 0 radical (unpaired) electrons. The summed E-state index contributed by atoms with van der Waals surface area (Å²) in [6.45, 7) is 1.64. The van der Waals surface area contributed by atoms with Gasteiger partial charge in [-0.25, -0.2) is 9.37 Å². The number of hydrogen-bond donors (Lipinski definition) is 1. The number of phenolic OH excluding ortho intramolecular Hbond substituents is 1. The van der Waals surface area contributed by atoms with Crippen molar-refractivity contribution >= 4 is 10.9 Å². The van der Waals surface area contributed by atoms with Crippen LogP contribution in [-0.2, 0) is 0 Å². The first-order valence-electron chi connectivity index (χ1n) is 10.3. The Balaban J connectivity index is 1.69. The average Bonchev–Trinajstić information content (AvgIpc) is 2.77. The molecule has 1 N–H and O–H groups in total. The molecule has 3 aromatic carbocycles. The van der Waals surface area contributed by atoms with Crippen LogP contribution in [0.15, 0.2) is 72.8 Å². The monoisotopic (exact) mass is 416 g/mol. The highest BCUT2D eigenvalue weighted by Gasteiger charge is 2.12. The maximum atomic E-state index is 13.8. The van der Waals surface area contributed by atoms with Crippen molar-refractivity contribution in [3.8, 4) is 33.9 Å². The van der Waals surface area contributed by atoms with Crippen LogP contribution in [0.25, 0.3) is 33.3 Å². The molecule has 158 valence electrons. The fourth-order valence-corrected chi connectivity index (χ4v) is 3.51. The summed E-state index contributed by atoms with van der Waals surface area (Å²) in [4.78, 5) is 6.97. The van der Waals surface area contributed by atoms with E-state index in [0.717, 1.165) is 52.0 Å². The van der Waals surface area contributed by atoms with Crippen molar-refractivity contribution < 1.29 is 14.2 Å². The zero-order chi connectivity index (χ0) is 21.8. The fraction of sp³-hybridized carbons (Fsp3) is 0.192. The quantitative estimate of drug-likeness (QED) is 0.390. The van der Waals surface area contributed by atoms with Crippen LogP contribution < -0.4 is 4.74 Å². The molecule has 4 aromatic rings. The molecular formula is C26H25FN2O2. The van der Waals surface area contributed by atoms with Crippen molar-refractivity contribution in [1.29, 1.82) is 0 Å². The van der Waals surface area contributed by atoms with E-state index in [4.69, 9.17) is 9.72 Å². The normalized spacial score (nSPS) is 11.2. The van der Waals surface area contributed by atoms with Gasteiger partial charge < -0.3 is 14.7 Å². The van der Waals surface area contributed by atoms with Crippen LogP contribution in [0.4, 0.5) is 4.39 Å².